The van der Waals surface area contributed by atoms with Gasteiger partial charge in [-0.25, -0.2) is 18.7 Å². The highest BCUT2D eigenvalue weighted by atomic mass is 32.1. The van der Waals surface area contributed by atoms with Gasteiger partial charge in [-0.05, 0) is 55.5 Å². The van der Waals surface area contributed by atoms with E-state index in [1.165, 1.54) is 29.1 Å². The fourth-order valence-electron chi connectivity index (χ4n) is 4.11. The van der Waals surface area contributed by atoms with Crippen LogP contribution in [-0.2, 0) is 24.2 Å². The molecule has 0 saturated carbocycles. The summed E-state index contributed by atoms with van der Waals surface area (Å²) < 4.78 is 28.7. The number of fused-ring (bicyclic) bond motifs is 1. The van der Waals surface area contributed by atoms with Gasteiger partial charge in [0.25, 0.3) is 0 Å². The molecule has 8 heteroatoms. The predicted octanol–water partition coefficient (Wildman–Crippen LogP) is 4.89. The molecule has 1 aliphatic rings. The van der Waals surface area contributed by atoms with Gasteiger partial charge in [0.1, 0.15) is 24.0 Å². The molecule has 0 bridgehead atoms. The highest BCUT2D eigenvalue weighted by molar-refractivity contribution is 7.11. The molecule has 5 rings (SSSR count). The lowest BCUT2D eigenvalue weighted by molar-refractivity contribution is -0.131. The van der Waals surface area contributed by atoms with E-state index >= 15 is 0 Å². The van der Waals surface area contributed by atoms with Crippen molar-refractivity contribution in [1.29, 1.82) is 0 Å². The molecule has 0 aliphatic carbocycles. The standard InChI is InChI=1S/C25H22F2N4OS/c1-16-28-21-10-12-30(13-11-23(21)33-16)24(32)15-31-14-22(17-2-6-19(26)7-3-17)29-25(31)18-4-8-20(27)9-5-18/h2-9,14H,10-13,15H2,1H3. The number of aryl methyl sites for hydroxylation is 1. The van der Waals surface area contributed by atoms with Gasteiger partial charge < -0.3 is 9.47 Å². The number of hydrogen-bond acceptors (Lipinski definition) is 4. The van der Waals surface area contributed by atoms with Crippen LogP contribution in [0.15, 0.2) is 54.7 Å². The lowest BCUT2D eigenvalue weighted by Gasteiger charge is -2.21. The van der Waals surface area contributed by atoms with Gasteiger partial charge in [0.15, 0.2) is 0 Å². The van der Waals surface area contributed by atoms with Crippen LogP contribution < -0.4 is 0 Å². The van der Waals surface area contributed by atoms with Crippen LogP contribution in [0.4, 0.5) is 8.78 Å². The summed E-state index contributed by atoms with van der Waals surface area (Å²) in [4.78, 5) is 25.7. The Hall–Kier alpha value is -3.39. The Morgan fingerprint density at radius 1 is 0.939 bits per heavy atom. The first kappa shape index (κ1) is 21.5. The summed E-state index contributed by atoms with van der Waals surface area (Å²) in [7, 11) is 0. The summed E-state index contributed by atoms with van der Waals surface area (Å²) >= 11 is 1.70. The van der Waals surface area contributed by atoms with Crippen LogP contribution in [-0.4, -0.2) is 38.4 Å². The number of carbonyl (C=O) groups excluding carboxylic acids is 1. The topological polar surface area (TPSA) is 51.0 Å². The second-order valence-electron chi connectivity index (χ2n) is 8.07. The molecule has 0 N–H and O–H groups in total. The van der Waals surface area contributed by atoms with Crippen molar-refractivity contribution in [2.45, 2.75) is 26.3 Å². The number of thiazole rings is 1. The first-order chi connectivity index (χ1) is 16.0. The molecule has 33 heavy (non-hydrogen) atoms. The second-order valence-corrected chi connectivity index (χ2v) is 9.36. The molecule has 1 amide bonds. The lowest BCUT2D eigenvalue weighted by atomic mass is 10.2. The summed E-state index contributed by atoms with van der Waals surface area (Å²) in [6.45, 7) is 3.40. The monoisotopic (exact) mass is 464 g/mol. The first-order valence-corrected chi connectivity index (χ1v) is 11.6. The zero-order chi connectivity index (χ0) is 22.9. The molecule has 5 nitrogen and oxygen atoms in total. The Morgan fingerprint density at radius 3 is 2.27 bits per heavy atom. The van der Waals surface area contributed by atoms with E-state index < -0.39 is 0 Å². The lowest BCUT2D eigenvalue weighted by Crippen LogP contribution is -2.35. The van der Waals surface area contributed by atoms with Gasteiger partial charge in [-0.1, -0.05) is 0 Å². The number of aromatic nitrogens is 3. The molecular formula is C25H22F2N4OS. The Balaban J connectivity index is 1.42. The van der Waals surface area contributed by atoms with Crippen molar-refractivity contribution < 1.29 is 13.6 Å². The zero-order valence-electron chi connectivity index (χ0n) is 18.1. The summed E-state index contributed by atoms with van der Waals surface area (Å²) in [6, 6.07) is 12.1. The number of benzene rings is 2. The maximum Gasteiger partial charge on any atom is 0.242 e. The van der Waals surface area contributed by atoms with Crippen LogP contribution >= 0.6 is 11.3 Å². The number of amides is 1. The molecule has 0 spiro atoms. The molecule has 2 aromatic heterocycles. The van der Waals surface area contributed by atoms with Gasteiger partial charge in [-0.3, -0.25) is 4.79 Å². The summed E-state index contributed by atoms with van der Waals surface area (Å²) in [5, 5.41) is 1.07. The summed E-state index contributed by atoms with van der Waals surface area (Å²) in [6.07, 6.45) is 3.35. The van der Waals surface area contributed by atoms with Gasteiger partial charge in [0.05, 0.1) is 16.4 Å². The van der Waals surface area contributed by atoms with E-state index in [0.29, 0.717) is 30.2 Å². The van der Waals surface area contributed by atoms with Gasteiger partial charge in [0.2, 0.25) is 5.91 Å². The fraction of sp³-hybridized carbons (Fsp3) is 0.240. The third-order valence-corrected chi connectivity index (χ3v) is 6.86. The summed E-state index contributed by atoms with van der Waals surface area (Å²) in [5.41, 5.74) is 3.17. The van der Waals surface area contributed by atoms with E-state index in [0.717, 1.165) is 29.1 Å². The molecule has 3 heterocycles. The normalized spacial score (nSPS) is 13.6. The molecule has 0 atom stereocenters. The number of nitrogens with zero attached hydrogens (tertiary/aromatic N) is 4. The maximum absolute atomic E-state index is 13.5. The molecule has 168 valence electrons. The van der Waals surface area contributed by atoms with E-state index in [2.05, 4.69) is 4.98 Å². The van der Waals surface area contributed by atoms with Crippen molar-refractivity contribution in [1.82, 2.24) is 19.4 Å². The quantitative estimate of drug-likeness (QED) is 0.432. The van der Waals surface area contributed by atoms with Crippen molar-refractivity contribution in [3.63, 3.8) is 0 Å². The molecule has 2 aromatic carbocycles. The Kier molecular flexibility index (Phi) is 5.76. The molecule has 0 fully saturated rings. The highest BCUT2D eigenvalue weighted by Gasteiger charge is 2.22. The van der Waals surface area contributed by atoms with E-state index in [1.54, 1.807) is 46.4 Å². The van der Waals surface area contributed by atoms with E-state index in [1.807, 2.05) is 11.8 Å². The summed E-state index contributed by atoms with van der Waals surface area (Å²) in [5.74, 6) is -0.110. The first-order valence-electron chi connectivity index (χ1n) is 10.8. The molecule has 1 aliphatic heterocycles. The third-order valence-electron chi connectivity index (χ3n) is 5.79. The van der Waals surface area contributed by atoms with Crippen molar-refractivity contribution in [2.75, 3.05) is 13.1 Å². The molecule has 0 saturated heterocycles. The molecule has 0 unspecified atom stereocenters. The molecule has 4 aromatic rings. The minimum Gasteiger partial charge on any atom is -0.340 e. The van der Waals surface area contributed by atoms with E-state index in [4.69, 9.17) is 4.98 Å². The second kappa shape index (κ2) is 8.86. The van der Waals surface area contributed by atoms with Crippen LogP contribution in [0.5, 0.6) is 0 Å². The SMILES string of the molecule is Cc1nc2c(s1)CCN(C(=O)Cn1cc(-c3ccc(F)cc3)nc1-c1ccc(F)cc1)CC2. The Morgan fingerprint density at radius 2 is 1.58 bits per heavy atom. The number of rotatable bonds is 4. The van der Waals surface area contributed by atoms with Crippen molar-refractivity contribution in [2.24, 2.45) is 0 Å². The Bertz CT molecular complexity index is 1270. The number of halogens is 2. The highest BCUT2D eigenvalue weighted by Crippen LogP contribution is 2.27. The van der Waals surface area contributed by atoms with E-state index in [-0.39, 0.29) is 24.1 Å². The third kappa shape index (κ3) is 4.57. The number of hydrogen-bond donors (Lipinski definition) is 0. The van der Waals surface area contributed by atoms with Gasteiger partial charge in [-0.15, -0.1) is 11.3 Å². The van der Waals surface area contributed by atoms with Gasteiger partial charge in [0, 0.05) is 48.1 Å². The molecular weight excluding hydrogens is 442 g/mol. The fourth-order valence-corrected chi connectivity index (χ4v) is 5.08. The average molecular weight is 465 g/mol. The minimum atomic E-state index is -0.340. The van der Waals surface area contributed by atoms with Crippen molar-refractivity contribution >= 4 is 17.2 Å². The van der Waals surface area contributed by atoms with E-state index in [9.17, 15) is 13.6 Å². The maximum atomic E-state index is 13.5. The average Bonchev–Trinajstić information content (AvgIpc) is 3.32. The van der Waals surface area contributed by atoms with Crippen LogP contribution in [0.25, 0.3) is 22.6 Å². The zero-order valence-corrected chi connectivity index (χ0v) is 18.9. The van der Waals surface area contributed by atoms with Crippen LogP contribution in [0, 0.1) is 18.6 Å². The predicted molar refractivity (Wildman–Crippen MR) is 124 cm³/mol. The molecule has 0 radical (unpaired) electrons. The van der Waals surface area contributed by atoms with Crippen LogP contribution in [0.2, 0.25) is 0 Å². The smallest absolute Gasteiger partial charge is 0.242 e. The van der Waals surface area contributed by atoms with Crippen molar-refractivity contribution in [3.05, 3.63) is 81.9 Å². The largest absolute Gasteiger partial charge is 0.340 e. The Labute approximate surface area is 194 Å². The van der Waals surface area contributed by atoms with Gasteiger partial charge in [-0.2, -0.15) is 0 Å². The van der Waals surface area contributed by atoms with Crippen LogP contribution in [0.3, 0.4) is 0 Å². The van der Waals surface area contributed by atoms with Gasteiger partial charge >= 0.3 is 0 Å². The van der Waals surface area contributed by atoms with Crippen molar-refractivity contribution in [3.8, 4) is 22.6 Å². The number of carbonyl (C=O) groups is 1. The number of imidazole rings is 1. The van der Waals surface area contributed by atoms with Crippen LogP contribution in [0.1, 0.15) is 15.6 Å². The minimum absolute atomic E-state index is 0.00621.